The third-order valence-corrected chi connectivity index (χ3v) is 5.24. The van der Waals surface area contributed by atoms with E-state index in [1.54, 1.807) is 24.3 Å². The number of benzene rings is 1. The van der Waals surface area contributed by atoms with Crippen LogP contribution in [-0.2, 0) is 17.6 Å². The molecule has 1 aliphatic rings. The summed E-state index contributed by atoms with van der Waals surface area (Å²) in [5.74, 6) is -0.466. The van der Waals surface area contributed by atoms with Gasteiger partial charge in [0.15, 0.2) is 6.61 Å². The molecule has 2 aromatic rings. The average molecular weight is 358 g/mol. The fraction of sp³-hybridized carbons (Fsp3) is 0.278. The van der Waals surface area contributed by atoms with E-state index in [0.717, 1.165) is 36.1 Å². The van der Waals surface area contributed by atoms with Gasteiger partial charge in [-0.15, -0.1) is 11.3 Å². The van der Waals surface area contributed by atoms with E-state index in [-0.39, 0.29) is 12.5 Å². The number of nitrogens with one attached hydrogen (secondary N) is 1. The normalized spacial score (nSPS) is 13.0. The first-order chi connectivity index (χ1) is 12.1. The van der Waals surface area contributed by atoms with Crippen LogP contribution in [0, 0.1) is 0 Å². The number of thiophene rings is 1. The van der Waals surface area contributed by atoms with E-state index in [9.17, 15) is 14.4 Å². The Morgan fingerprint density at radius 2 is 2.08 bits per heavy atom. The molecule has 0 bridgehead atoms. The van der Waals surface area contributed by atoms with Crippen LogP contribution in [0.25, 0.3) is 0 Å². The fourth-order valence-corrected chi connectivity index (χ4v) is 4.21. The second-order valence-corrected chi connectivity index (χ2v) is 6.91. The van der Waals surface area contributed by atoms with Crippen molar-refractivity contribution < 1.29 is 19.1 Å². The number of hydrogen-bond donors (Lipinski definition) is 2. The molecule has 1 aliphatic carbocycles. The summed E-state index contributed by atoms with van der Waals surface area (Å²) in [6.45, 7) is -0.219. The Morgan fingerprint density at radius 3 is 2.84 bits per heavy atom. The Morgan fingerprint density at radius 1 is 1.28 bits per heavy atom. The van der Waals surface area contributed by atoms with Gasteiger partial charge in [-0.2, -0.15) is 0 Å². The number of amides is 2. The van der Waals surface area contributed by atoms with E-state index in [2.05, 4.69) is 5.32 Å². The Labute approximate surface area is 149 Å². The topological polar surface area (TPSA) is 98.5 Å². The number of aldehydes is 1. The zero-order valence-corrected chi connectivity index (χ0v) is 14.4. The first-order valence-electron chi connectivity index (χ1n) is 8.00. The molecule has 3 N–H and O–H groups in total. The molecule has 0 unspecified atom stereocenters. The predicted molar refractivity (Wildman–Crippen MR) is 95.4 cm³/mol. The number of rotatable bonds is 6. The van der Waals surface area contributed by atoms with Crippen LogP contribution in [0.3, 0.4) is 0 Å². The Bertz CT molecular complexity index is 828. The summed E-state index contributed by atoms with van der Waals surface area (Å²) in [5.41, 5.74) is 7.38. The monoisotopic (exact) mass is 358 g/mol. The van der Waals surface area contributed by atoms with Crippen molar-refractivity contribution in [3.05, 3.63) is 45.8 Å². The molecule has 1 aromatic heterocycles. The van der Waals surface area contributed by atoms with Gasteiger partial charge in [0.25, 0.3) is 11.8 Å². The smallest absolute Gasteiger partial charge is 0.262 e. The number of primary amides is 1. The van der Waals surface area contributed by atoms with Gasteiger partial charge in [0, 0.05) is 10.4 Å². The third kappa shape index (κ3) is 3.88. The van der Waals surface area contributed by atoms with E-state index < -0.39 is 5.91 Å². The molecule has 130 valence electrons. The lowest BCUT2D eigenvalue weighted by molar-refractivity contribution is -0.118. The van der Waals surface area contributed by atoms with Gasteiger partial charge in [0.1, 0.15) is 17.0 Å². The number of aryl methyl sites for hydroxylation is 1. The van der Waals surface area contributed by atoms with Crippen molar-refractivity contribution in [3.8, 4) is 5.75 Å². The van der Waals surface area contributed by atoms with Crippen LogP contribution in [-0.4, -0.2) is 24.7 Å². The van der Waals surface area contributed by atoms with Crippen molar-refractivity contribution in [3.63, 3.8) is 0 Å². The first kappa shape index (κ1) is 17.2. The highest BCUT2D eigenvalue weighted by Gasteiger charge is 2.24. The Kier molecular flexibility index (Phi) is 5.14. The molecule has 7 heteroatoms. The molecule has 6 nitrogen and oxygen atoms in total. The van der Waals surface area contributed by atoms with E-state index in [1.165, 1.54) is 11.3 Å². The van der Waals surface area contributed by atoms with Gasteiger partial charge in [0.05, 0.1) is 5.56 Å². The molecule has 0 radical (unpaired) electrons. The van der Waals surface area contributed by atoms with E-state index in [4.69, 9.17) is 10.5 Å². The van der Waals surface area contributed by atoms with Crippen LogP contribution in [0.15, 0.2) is 24.3 Å². The van der Waals surface area contributed by atoms with Crippen LogP contribution < -0.4 is 15.8 Å². The van der Waals surface area contributed by atoms with Crippen molar-refractivity contribution in [2.24, 2.45) is 5.73 Å². The largest absolute Gasteiger partial charge is 0.484 e. The van der Waals surface area contributed by atoms with Gasteiger partial charge in [0.2, 0.25) is 0 Å². The van der Waals surface area contributed by atoms with Crippen molar-refractivity contribution in [2.75, 3.05) is 11.9 Å². The number of hydrogen-bond acceptors (Lipinski definition) is 5. The van der Waals surface area contributed by atoms with Gasteiger partial charge >= 0.3 is 0 Å². The van der Waals surface area contributed by atoms with Crippen LogP contribution in [0.2, 0.25) is 0 Å². The summed E-state index contributed by atoms with van der Waals surface area (Å²) < 4.78 is 5.40. The molecule has 2 amide bonds. The van der Waals surface area contributed by atoms with E-state index in [1.807, 2.05) is 0 Å². The van der Waals surface area contributed by atoms with E-state index >= 15 is 0 Å². The summed E-state index contributed by atoms with van der Waals surface area (Å²) >= 11 is 1.41. The zero-order valence-electron chi connectivity index (χ0n) is 13.5. The summed E-state index contributed by atoms with van der Waals surface area (Å²) in [7, 11) is 0. The van der Waals surface area contributed by atoms with Crippen molar-refractivity contribution in [1.82, 2.24) is 0 Å². The number of fused-ring (bicyclic) bond motifs is 1. The van der Waals surface area contributed by atoms with Gasteiger partial charge in [-0.25, -0.2) is 0 Å². The highest BCUT2D eigenvalue weighted by Crippen LogP contribution is 2.37. The van der Waals surface area contributed by atoms with Crippen molar-refractivity contribution >= 4 is 34.4 Å². The predicted octanol–water partition coefficient (Wildman–Crippen LogP) is 2.56. The summed E-state index contributed by atoms with van der Waals surface area (Å²) in [4.78, 5) is 35.9. The SMILES string of the molecule is NC(=O)c1c(NC(=O)COc2cccc(C=O)c2)sc2c1CCCC2. The highest BCUT2D eigenvalue weighted by atomic mass is 32.1. The quantitative estimate of drug-likeness (QED) is 0.775. The van der Waals surface area contributed by atoms with Crippen LogP contribution in [0.5, 0.6) is 5.75 Å². The molecule has 1 heterocycles. The zero-order chi connectivity index (χ0) is 17.8. The summed E-state index contributed by atoms with van der Waals surface area (Å²) in [6, 6.07) is 6.54. The molecule has 25 heavy (non-hydrogen) atoms. The van der Waals surface area contributed by atoms with Gasteiger partial charge < -0.3 is 15.8 Å². The maximum Gasteiger partial charge on any atom is 0.262 e. The van der Waals surface area contributed by atoms with Crippen LogP contribution in [0.1, 0.15) is 44.0 Å². The minimum atomic E-state index is -0.519. The number of anilines is 1. The molecule has 0 fully saturated rings. The van der Waals surface area contributed by atoms with Crippen molar-refractivity contribution in [1.29, 1.82) is 0 Å². The van der Waals surface area contributed by atoms with Gasteiger partial charge in [-0.1, -0.05) is 12.1 Å². The lowest BCUT2D eigenvalue weighted by Gasteiger charge is -2.11. The molecule has 0 spiro atoms. The number of nitrogens with two attached hydrogens (primary N) is 1. The standard InChI is InChI=1S/C18H18N2O4S/c19-17(23)16-13-6-1-2-7-14(13)25-18(16)20-15(22)10-24-12-5-3-4-11(8-12)9-21/h3-5,8-9H,1-2,6-7,10H2,(H2,19,23)(H,20,22). The van der Waals surface area contributed by atoms with E-state index in [0.29, 0.717) is 28.2 Å². The number of ether oxygens (including phenoxy) is 1. The number of carbonyl (C=O) groups excluding carboxylic acids is 3. The second kappa shape index (κ2) is 7.48. The van der Waals surface area contributed by atoms with Crippen molar-refractivity contribution in [2.45, 2.75) is 25.7 Å². The molecular weight excluding hydrogens is 340 g/mol. The number of carbonyl (C=O) groups is 3. The maximum atomic E-state index is 12.2. The molecule has 3 rings (SSSR count). The Balaban J connectivity index is 1.69. The fourth-order valence-electron chi connectivity index (χ4n) is 2.90. The molecule has 1 aromatic carbocycles. The minimum Gasteiger partial charge on any atom is -0.484 e. The van der Waals surface area contributed by atoms with Crippen LogP contribution in [0.4, 0.5) is 5.00 Å². The van der Waals surface area contributed by atoms with Gasteiger partial charge in [-0.05, 0) is 43.4 Å². The summed E-state index contributed by atoms with van der Waals surface area (Å²) in [5, 5.41) is 3.23. The van der Waals surface area contributed by atoms with Gasteiger partial charge in [-0.3, -0.25) is 14.4 Å². The average Bonchev–Trinajstić information content (AvgIpc) is 2.98. The summed E-state index contributed by atoms with van der Waals surface area (Å²) in [6.07, 6.45) is 4.53. The third-order valence-electron chi connectivity index (χ3n) is 4.03. The molecule has 0 saturated heterocycles. The second-order valence-electron chi connectivity index (χ2n) is 5.81. The highest BCUT2D eigenvalue weighted by molar-refractivity contribution is 7.17. The molecular formula is C18H18N2O4S. The lowest BCUT2D eigenvalue weighted by Crippen LogP contribution is -2.22. The molecule has 0 saturated carbocycles. The molecule has 0 atom stereocenters. The Hall–Kier alpha value is -2.67. The lowest BCUT2D eigenvalue weighted by atomic mass is 9.95. The first-order valence-corrected chi connectivity index (χ1v) is 8.82. The minimum absolute atomic E-state index is 0.219. The molecule has 0 aliphatic heterocycles. The van der Waals surface area contributed by atoms with Crippen LogP contribution >= 0.6 is 11.3 Å². The maximum absolute atomic E-state index is 12.2.